The summed E-state index contributed by atoms with van der Waals surface area (Å²) in [4.78, 5) is 3.76. The lowest BCUT2D eigenvalue weighted by Gasteiger charge is -2.14. The quantitative estimate of drug-likeness (QED) is 0.918. The summed E-state index contributed by atoms with van der Waals surface area (Å²) >= 11 is 0. The normalized spacial score (nSPS) is 12.4. The van der Waals surface area contributed by atoms with Crippen molar-refractivity contribution in [2.24, 2.45) is 0 Å². The summed E-state index contributed by atoms with van der Waals surface area (Å²) in [6, 6.07) is 4.97. The fourth-order valence-corrected chi connectivity index (χ4v) is 1.70. The maximum Gasteiger partial charge on any atom is 0.159 e. The summed E-state index contributed by atoms with van der Waals surface area (Å²) < 4.78 is 38.8. The third kappa shape index (κ3) is 3.54. The van der Waals surface area contributed by atoms with Crippen LogP contribution in [0, 0.1) is 17.5 Å². The minimum atomic E-state index is -0.876. The van der Waals surface area contributed by atoms with Crippen LogP contribution < -0.4 is 5.32 Å². The molecular weight excluding hydrogens is 253 g/mol. The summed E-state index contributed by atoms with van der Waals surface area (Å²) in [5.41, 5.74) is 1.32. The fourth-order valence-electron chi connectivity index (χ4n) is 1.70. The van der Waals surface area contributed by atoms with Crippen LogP contribution in [0.3, 0.4) is 0 Å². The second-order valence-electron chi connectivity index (χ2n) is 4.29. The standard InChI is InChI=1S/C14H13F3N2/c1-9(11-5-12(15)8-18-7-11)19-6-10-2-3-13(16)14(17)4-10/h2-5,7-9,19H,6H2,1H3. The van der Waals surface area contributed by atoms with Gasteiger partial charge >= 0.3 is 0 Å². The van der Waals surface area contributed by atoms with E-state index in [1.54, 1.807) is 6.20 Å². The molecule has 5 heteroatoms. The lowest BCUT2D eigenvalue weighted by molar-refractivity contribution is 0.503. The highest BCUT2D eigenvalue weighted by molar-refractivity contribution is 5.19. The zero-order valence-electron chi connectivity index (χ0n) is 10.3. The van der Waals surface area contributed by atoms with Crippen LogP contribution in [0.25, 0.3) is 0 Å². The van der Waals surface area contributed by atoms with E-state index in [9.17, 15) is 13.2 Å². The molecule has 1 aromatic heterocycles. The first-order valence-electron chi connectivity index (χ1n) is 5.84. The molecule has 0 bridgehead atoms. The van der Waals surface area contributed by atoms with E-state index in [0.29, 0.717) is 17.7 Å². The van der Waals surface area contributed by atoms with Crippen LogP contribution in [0.5, 0.6) is 0 Å². The summed E-state index contributed by atoms with van der Waals surface area (Å²) in [6.07, 6.45) is 2.69. The smallest absolute Gasteiger partial charge is 0.159 e. The van der Waals surface area contributed by atoms with Gasteiger partial charge in [0, 0.05) is 18.8 Å². The largest absolute Gasteiger partial charge is 0.306 e. The molecule has 2 aromatic rings. The Balaban J connectivity index is 2.00. The molecule has 1 aromatic carbocycles. The maximum absolute atomic E-state index is 13.0. The molecule has 19 heavy (non-hydrogen) atoms. The Kier molecular flexibility index (Phi) is 4.16. The van der Waals surface area contributed by atoms with Crippen LogP contribution in [-0.4, -0.2) is 4.98 Å². The molecule has 1 unspecified atom stereocenters. The van der Waals surface area contributed by atoms with Crippen molar-refractivity contribution in [1.82, 2.24) is 10.3 Å². The highest BCUT2D eigenvalue weighted by atomic mass is 19.2. The second kappa shape index (κ2) is 5.84. The molecule has 0 amide bonds. The molecule has 0 aliphatic rings. The highest BCUT2D eigenvalue weighted by Gasteiger charge is 2.07. The predicted octanol–water partition coefficient (Wildman–Crippen LogP) is 3.35. The van der Waals surface area contributed by atoms with Gasteiger partial charge in [0.2, 0.25) is 0 Å². The van der Waals surface area contributed by atoms with Crippen LogP contribution in [0.1, 0.15) is 24.1 Å². The number of benzene rings is 1. The Hall–Kier alpha value is -1.88. The van der Waals surface area contributed by atoms with Gasteiger partial charge in [-0.2, -0.15) is 0 Å². The van der Waals surface area contributed by atoms with Crippen molar-refractivity contribution in [2.45, 2.75) is 19.5 Å². The van der Waals surface area contributed by atoms with Gasteiger partial charge in [0.15, 0.2) is 11.6 Å². The molecule has 0 saturated carbocycles. The van der Waals surface area contributed by atoms with Crippen molar-refractivity contribution < 1.29 is 13.2 Å². The fraction of sp³-hybridized carbons (Fsp3) is 0.214. The number of hydrogen-bond acceptors (Lipinski definition) is 2. The van der Waals surface area contributed by atoms with Gasteiger partial charge in [0.05, 0.1) is 6.20 Å². The Morgan fingerprint density at radius 1 is 1.11 bits per heavy atom. The van der Waals surface area contributed by atoms with E-state index in [0.717, 1.165) is 18.3 Å². The molecule has 1 heterocycles. The molecule has 0 saturated heterocycles. The molecule has 0 aliphatic carbocycles. The third-order valence-electron chi connectivity index (χ3n) is 2.82. The van der Waals surface area contributed by atoms with Crippen LogP contribution in [-0.2, 0) is 6.54 Å². The van der Waals surface area contributed by atoms with Gasteiger partial charge in [0.25, 0.3) is 0 Å². The lowest BCUT2D eigenvalue weighted by atomic mass is 10.1. The number of hydrogen-bond donors (Lipinski definition) is 1. The van der Waals surface area contributed by atoms with Gasteiger partial charge in [0.1, 0.15) is 5.82 Å². The van der Waals surface area contributed by atoms with Crippen LogP contribution in [0.4, 0.5) is 13.2 Å². The first-order valence-corrected chi connectivity index (χ1v) is 5.84. The number of rotatable bonds is 4. The topological polar surface area (TPSA) is 24.9 Å². The van der Waals surface area contributed by atoms with Gasteiger partial charge in [-0.05, 0) is 36.2 Å². The molecular formula is C14H13F3N2. The van der Waals surface area contributed by atoms with E-state index >= 15 is 0 Å². The third-order valence-corrected chi connectivity index (χ3v) is 2.82. The van der Waals surface area contributed by atoms with Crippen LogP contribution in [0.2, 0.25) is 0 Å². The van der Waals surface area contributed by atoms with Crippen molar-refractivity contribution in [3.63, 3.8) is 0 Å². The average molecular weight is 266 g/mol. The summed E-state index contributed by atoms with van der Waals surface area (Å²) in [5.74, 6) is -2.15. The zero-order valence-corrected chi connectivity index (χ0v) is 10.3. The number of halogens is 3. The Morgan fingerprint density at radius 2 is 1.89 bits per heavy atom. The number of nitrogens with zero attached hydrogens (tertiary/aromatic N) is 1. The maximum atomic E-state index is 13.0. The summed E-state index contributed by atoms with van der Waals surface area (Å²) in [5, 5.41) is 3.09. The van der Waals surface area contributed by atoms with Crippen molar-refractivity contribution >= 4 is 0 Å². The van der Waals surface area contributed by atoms with Crippen molar-refractivity contribution in [3.05, 3.63) is 65.2 Å². The first kappa shape index (κ1) is 13.5. The van der Waals surface area contributed by atoms with Crippen molar-refractivity contribution in [1.29, 1.82) is 0 Å². The molecule has 0 fully saturated rings. The highest BCUT2D eigenvalue weighted by Crippen LogP contribution is 2.14. The molecule has 1 atom stereocenters. The van der Waals surface area contributed by atoms with Crippen molar-refractivity contribution in [3.8, 4) is 0 Å². The van der Waals surface area contributed by atoms with E-state index in [1.165, 1.54) is 12.1 Å². The van der Waals surface area contributed by atoms with Gasteiger partial charge in [-0.3, -0.25) is 4.98 Å². The molecule has 2 nitrogen and oxygen atoms in total. The molecule has 1 N–H and O–H groups in total. The number of pyridine rings is 1. The van der Waals surface area contributed by atoms with Gasteiger partial charge in [-0.15, -0.1) is 0 Å². The van der Waals surface area contributed by atoms with E-state index in [2.05, 4.69) is 10.3 Å². The van der Waals surface area contributed by atoms with Gasteiger partial charge < -0.3 is 5.32 Å². The molecule has 0 aliphatic heterocycles. The summed E-state index contributed by atoms with van der Waals surface area (Å²) in [7, 11) is 0. The first-order chi connectivity index (χ1) is 9.06. The Morgan fingerprint density at radius 3 is 2.58 bits per heavy atom. The second-order valence-corrected chi connectivity index (χ2v) is 4.29. The molecule has 0 spiro atoms. The van der Waals surface area contributed by atoms with E-state index < -0.39 is 17.5 Å². The molecule has 100 valence electrons. The zero-order chi connectivity index (χ0) is 13.8. The summed E-state index contributed by atoms with van der Waals surface area (Å²) in [6.45, 7) is 2.20. The molecule has 2 rings (SSSR count). The SMILES string of the molecule is CC(NCc1ccc(F)c(F)c1)c1cncc(F)c1. The Labute approximate surface area is 109 Å². The van der Waals surface area contributed by atoms with E-state index in [1.807, 2.05) is 6.92 Å². The minimum Gasteiger partial charge on any atom is -0.306 e. The van der Waals surface area contributed by atoms with Gasteiger partial charge in [-0.1, -0.05) is 6.07 Å². The molecule has 0 radical (unpaired) electrons. The lowest BCUT2D eigenvalue weighted by Crippen LogP contribution is -2.18. The van der Waals surface area contributed by atoms with E-state index in [-0.39, 0.29) is 6.04 Å². The van der Waals surface area contributed by atoms with E-state index in [4.69, 9.17) is 0 Å². The number of aromatic nitrogens is 1. The van der Waals surface area contributed by atoms with Crippen LogP contribution in [0.15, 0.2) is 36.7 Å². The Bertz CT molecular complexity index is 572. The monoisotopic (exact) mass is 266 g/mol. The number of nitrogens with one attached hydrogen (secondary N) is 1. The van der Waals surface area contributed by atoms with Crippen LogP contribution >= 0.6 is 0 Å². The average Bonchev–Trinajstić information content (AvgIpc) is 2.40. The minimum absolute atomic E-state index is 0.142. The predicted molar refractivity (Wildman–Crippen MR) is 65.8 cm³/mol. The van der Waals surface area contributed by atoms with Gasteiger partial charge in [-0.25, -0.2) is 13.2 Å². The van der Waals surface area contributed by atoms with Crippen molar-refractivity contribution in [2.75, 3.05) is 0 Å².